The lowest BCUT2D eigenvalue weighted by molar-refractivity contribution is 0.0255. The molecule has 130 valence electrons. The van der Waals surface area contributed by atoms with Gasteiger partial charge in [-0.25, -0.2) is 4.79 Å². The number of carbonyl (C=O) groups is 1. The van der Waals surface area contributed by atoms with Gasteiger partial charge >= 0.3 is 6.09 Å². The van der Waals surface area contributed by atoms with E-state index in [1.807, 2.05) is 32.9 Å². The van der Waals surface area contributed by atoms with E-state index in [4.69, 9.17) is 9.15 Å². The molecule has 2 atom stereocenters. The van der Waals surface area contributed by atoms with E-state index in [2.05, 4.69) is 5.32 Å². The predicted octanol–water partition coefficient (Wildman–Crippen LogP) is 2.69. The first-order chi connectivity index (χ1) is 10.9. The summed E-state index contributed by atoms with van der Waals surface area (Å²) < 4.78 is 10.8. The summed E-state index contributed by atoms with van der Waals surface area (Å²) in [6.07, 6.45) is 4.06. The predicted molar refractivity (Wildman–Crippen MR) is 87.1 cm³/mol. The largest absolute Gasteiger partial charge is 0.468 e. The van der Waals surface area contributed by atoms with Gasteiger partial charge in [0, 0.05) is 19.1 Å². The van der Waals surface area contributed by atoms with Gasteiger partial charge in [0.15, 0.2) is 0 Å². The molecule has 0 aromatic carbocycles. The summed E-state index contributed by atoms with van der Waals surface area (Å²) in [6, 6.07) is 3.71. The molecule has 1 fully saturated rings. The summed E-state index contributed by atoms with van der Waals surface area (Å²) in [5, 5.41) is 13.0. The van der Waals surface area contributed by atoms with E-state index >= 15 is 0 Å². The molecule has 2 N–H and O–H groups in total. The van der Waals surface area contributed by atoms with Gasteiger partial charge in [-0.15, -0.1) is 0 Å². The second-order valence-corrected chi connectivity index (χ2v) is 7.01. The average molecular weight is 324 g/mol. The Morgan fingerprint density at radius 1 is 1.48 bits per heavy atom. The molecule has 0 unspecified atom stereocenters. The Labute approximate surface area is 137 Å². The Balaban J connectivity index is 1.87. The van der Waals surface area contributed by atoms with Crippen LogP contribution in [0.5, 0.6) is 0 Å². The highest BCUT2D eigenvalue weighted by molar-refractivity contribution is 5.68. The lowest BCUT2D eigenvalue weighted by atomic mass is 10.1. The van der Waals surface area contributed by atoms with Crippen LogP contribution in [0.3, 0.4) is 0 Å². The highest BCUT2D eigenvalue weighted by atomic mass is 16.6. The number of carbonyl (C=O) groups excluding carboxylic acids is 1. The maximum Gasteiger partial charge on any atom is 0.410 e. The molecule has 6 heteroatoms. The molecule has 0 saturated carbocycles. The average Bonchev–Trinajstić information content (AvgIpc) is 2.89. The first kappa shape index (κ1) is 17.8. The first-order valence-corrected chi connectivity index (χ1v) is 8.27. The van der Waals surface area contributed by atoms with Crippen LogP contribution in [0.15, 0.2) is 22.8 Å². The number of furan rings is 1. The van der Waals surface area contributed by atoms with Crippen molar-refractivity contribution >= 4 is 6.09 Å². The third-order valence-electron chi connectivity index (χ3n) is 3.89. The molecule has 0 radical (unpaired) electrons. The standard InChI is InChI=1S/C17H28N2O4/c1-17(2,3)23-16(21)19-9-4-6-13(8-10-19)18-14(12-20)15-7-5-11-22-15/h5,7,11,13-14,18,20H,4,6,8-10,12H2,1-3H3/t13-,14-/m1/s1. The quantitative estimate of drug-likeness (QED) is 0.890. The number of aliphatic hydroxyl groups is 1. The topological polar surface area (TPSA) is 74.9 Å². The minimum Gasteiger partial charge on any atom is -0.468 e. The number of amides is 1. The fraction of sp³-hybridized carbons (Fsp3) is 0.706. The lowest BCUT2D eigenvalue weighted by Gasteiger charge is -2.26. The Kier molecular flexibility index (Phi) is 6.07. The number of aliphatic hydroxyl groups excluding tert-OH is 1. The van der Waals surface area contributed by atoms with Crippen LogP contribution in [0.4, 0.5) is 4.79 Å². The van der Waals surface area contributed by atoms with Crippen molar-refractivity contribution in [2.75, 3.05) is 19.7 Å². The van der Waals surface area contributed by atoms with Gasteiger partial charge in [-0.2, -0.15) is 0 Å². The van der Waals surface area contributed by atoms with Crippen molar-refractivity contribution < 1.29 is 19.1 Å². The molecule has 1 amide bonds. The molecule has 23 heavy (non-hydrogen) atoms. The Hall–Kier alpha value is -1.53. The number of ether oxygens (including phenoxy) is 1. The maximum absolute atomic E-state index is 12.2. The summed E-state index contributed by atoms with van der Waals surface area (Å²) >= 11 is 0. The zero-order chi connectivity index (χ0) is 16.9. The molecule has 1 aliphatic heterocycles. The molecule has 1 aromatic rings. The zero-order valence-electron chi connectivity index (χ0n) is 14.2. The Bertz CT molecular complexity index is 481. The highest BCUT2D eigenvalue weighted by Crippen LogP contribution is 2.19. The van der Waals surface area contributed by atoms with E-state index in [1.54, 1.807) is 11.2 Å². The van der Waals surface area contributed by atoms with Crippen LogP contribution in [0.2, 0.25) is 0 Å². The molecule has 6 nitrogen and oxygen atoms in total. The van der Waals surface area contributed by atoms with E-state index in [-0.39, 0.29) is 24.8 Å². The fourth-order valence-corrected chi connectivity index (χ4v) is 2.77. The van der Waals surface area contributed by atoms with Crippen molar-refractivity contribution in [3.63, 3.8) is 0 Å². The molecular formula is C17H28N2O4. The normalized spacial score (nSPS) is 20.9. The van der Waals surface area contributed by atoms with Crippen molar-refractivity contribution in [1.82, 2.24) is 10.2 Å². The SMILES string of the molecule is CC(C)(C)OC(=O)N1CCC[C@@H](N[C@H](CO)c2ccco2)CC1. The summed E-state index contributed by atoms with van der Waals surface area (Å²) in [6.45, 7) is 6.98. The molecular weight excluding hydrogens is 296 g/mol. The number of nitrogens with zero attached hydrogens (tertiary/aromatic N) is 1. The van der Waals surface area contributed by atoms with E-state index in [9.17, 15) is 9.90 Å². The summed E-state index contributed by atoms with van der Waals surface area (Å²) in [4.78, 5) is 13.9. The summed E-state index contributed by atoms with van der Waals surface area (Å²) in [5.74, 6) is 0.737. The van der Waals surface area contributed by atoms with Gasteiger partial charge in [-0.1, -0.05) is 0 Å². The number of likely N-dealkylation sites (tertiary alicyclic amines) is 1. The number of rotatable bonds is 4. The van der Waals surface area contributed by atoms with Crippen LogP contribution < -0.4 is 5.32 Å². The molecule has 0 aliphatic carbocycles. The van der Waals surface area contributed by atoms with Gasteiger partial charge in [0.2, 0.25) is 0 Å². The van der Waals surface area contributed by atoms with Gasteiger partial charge in [0.1, 0.15) is 11.4 Å². The van der Waals surface area contributed by atoms with Crippen molar-refractivity contribution in [2.24, 2.45) is 0 Å². The molecule has 1 aromatic heterocycles. The van der Waals surface area contributed by atoms with E-state index < -0.39 is 5.60 Å². The monoisotopic (exact) mass is 324 g/mol. The van der Waals surface area contributed by atoms with E-state index in [0.717, 1.165) is 25.0 Å². The van der Waals surface area contributed by atoms with E-state index in [1.165, 1.54) is 0 Å². The van der Waals surface area contributed by atoms with Crippen molar-refractivity contribution in [2.45, 2.75) is 57.7 Å². The van der Waals surface area contributed by atoms with Crippen LogP contribution in [0.1, 0.15) is 51.8 Å². The molecule has 1 saturated heterocycles. The number of hydrogen-bond donors (Lipinski definition) is 2. The second-order valence-electron chi connectivity index (χ2n) is 7.01. The minimum atomic E-state index is -0.470. The van der Waals surface area contributed by atoms with Crippen molar-refractivity contribution in [3.05, 3.63) is 24.2 Å². The van der Waals surface area contributed by atoms with Crippen LogP contribution in [-0.2, 0) is 4.74 Å². The van der Waals surface area contributed by atoms with Gasteiger partial charge in [-0.3, -0.25) is 0 Å². The van der Waals surface area contributed by atoms with Crippen molar-refractivity contribution in [1.29, 1.82) is 0 Å². The highest BCUT2D eigenvalue weighted by Gasteiger charge is 2.26. The van der Waals surface area contributed by atoms with Gasteiger partial charge in [0.25, 0.3) is 0 Å². The summed E-state index contributed by atoms with van der Waals surface area (Å²) in [7, 11) is 0. The minimum absolute atomic E-state index is 0.0141. The zero-order valence-corrected chi connectivity index (χ0v) is 14.2. The number of hydrogen-bond acceptors (Lipinski definition) is 5. The van der Waals surface area contributed by atoms with Crippen LogP contribution in [-0.4, -0.2) is 47.4 Å². The third-order valence-corrected chi connectivity index (χ3v) is 3.89. The maximum atomic E-state index is 12.2. The summed E-state index contributed by atoms with van der Waals surface area (Å²) in [5.41, 5.74) is -0.470. The Morgan fingerprint density at radius 3 is 2.87 bits per heavy atom. The van der Waals surface area contributed by atoms with E-state index in [0.29, 0.717) is 13.1 Å². The smallest absolute Gasteiger partial charge is 0.410 e. The van der Waals surface area contributed by atoms with Gasteiger partial charge in [0.05, 0.1) is 18.9 Å². The fourth-order valence-electron chi connectivity index (χ4n) is 2.77. The van der Waals surface area contributed by atoms with Gasteiger partial charge in [-0.05, 0) is 52.2 Å². The molecule has 1 aliphatic rings. The van der Waals surface area contributed by atoms with Crippen LogP contribution in [0, 0.1) is 0 Å². The lowest BCUT2D eigenvalue weighted by Crippen LogP contribution is -2.39. The number of nitrogens with one attached hydrogen (secondary N) is 1. The molecule has 2 heterocycles. The Morgan fingerprint density at radius 2 is 2.26 bits per heavy atom. The second kappa shape index (κ2) is 7.84. The van der Waals surface area contributed by atoms with Gasteiger partial charge < -0.3 is 24.5 Å². The molecule has 0 spiro atoms. The van der Waals surface area contributed by atoms with Crippen molar-refractivity contribution in [3.8, 4) is 0 Å². The molecule has 2 rings (SSSR count). The van der Waals surface area contributed by atoms with Crippen LogP contribution >= 0.6 is 0 Å². The molecule has 0 bridgehead atoms. The third kappa shape index (κ3) is 5.55. The first-order valence-electron chi connectivity index (χ1n) is 8.27. The van der Waals surface area contributed by atoms with Crippen LogP contribution in [0.25, 0.3) is 0 Å².